The predicted octanol–water partition coefficient (Wildman–Crippen LogP) is 1.20. The summed E-state index contributed by atoms with van der Waals surface area (Å²) < 4.78 is 17.9. The van der Waals surface area contributed by atoms with Crippen molar-refractivity contribution in [3.63, 3.8) is 0 Å². The van der Waals surface area contributed by atoms with Gasteiger partial charge < -0.3 is 14.9 Å². The van der Waals surface area contributed by atoms with Crippen LogP contribution in [0.2, 0.25) is 0 Å². The van der Waals surface area contributed by atoms with Crippen molar-refractivity contribution in [3.8, 4) is 5.75 Å². The van der Waals surface area contributed by atoms with Gasteiger partial charge >= 0.3 is 11.9 Å². The van der Waals surface area contributed by atoms with E-state index in [1.54, 1.807) is 0 Å². The number of carboxylic acids is 1. The summed E-state index contributed by atoms with van der Waals surface area (Å²) in [6.07, 6.45) is 0. The topological polar surface area (TPSA) is 83.8 Å². The van der Waals surface area contributed by atoms with Gasteiger partial charge in [0.1, 0.15) is 17.1 Å². The van der Waals surface area contributed by atoms with Crippen molar-refractivity contribution in [3.05, 3.63) is 29.6 Å². The first-order valence-corrected chi connectivity index (χ1v) is 4.70. The van der Waals surface area contributed by atoms with E-state index in [0.717, 1.165) is 12.1 Å². The Labute approximate surface area is 96.4 Å². The second-order valence-electron chi connectivity index (χ2n) is 3.87. The highest BCUT2D eigenvalue weighted by Crippen LogP contribution is 2.22. The number of carboxylic acid groups (broad SMARTS) is 1. The van der Waals surface area contributed by atoms with Crippen LogP contribution in [0, 0.1) is 5.82 Å². The van der Waals surface area contributed by atoms with E-state index in [1.165, 1.54) is 19.9 Å². The maximum absolute atomic E-state index is 13.2. The van der Waals surface area contributed by atoms with E-state index >= 15 is 0 Å². The number of benzene rings is 1. The van der Waals surface area contributed by atoms with Crippen LogP contribution in [-0.4, -0.2) is 27.8 Å². The summed E-state index contributed by atoms with van der Waals surface area (Å²) in [7, 11) is 0. The molecule has 0 aliphatic heterocycles. The van der Waals surface area contributed by atoms with Crippen molar-refractivity contribution in [2.75, 3.05) is 0 Å². The van der Waals surface area contributed by atoms with Crippen molar-refractivity contribution in [1.82, 2.24) is 0 Å². The van der Waals surface area contributed by atoms with E-state index < -0.39 is 34.7 Å². The molecule has 0 aliphatic carbocycles. The van der Waals surface area contributed by atoms with E-state index in [-0.39, 0.29) is 0 Å². The number of rotatable bonds is 3. The molecule has 0 unspecified atom stereocenters. The third-order valence-electron chi connectivity index (χ3n) is 1.89. The SMILES string of the molecule is CC(C)(O)C(=O)Oc1cccc(F)c1C(=O)O. The van der Waals surface area contributed by atoms with Crippen LogP contribution in [0.15, 0.2) is 18.2 Å². The number of hydrogen-bond donors (Lipinski definition) is 2. The fourth-order valence-corrected chi connectivity index (χ4v) is 1.02. The number of hydrogen-bond acceptors (Lipinski definition) is 4. The van der Waals surface area contributed by atoms with Gasteiger partial charge in [-0.1, -0.05) is 6.07 Å². The van der Waals surface area contributed by atoms with Crippen molar-refractivity contribution in [2.24, 2.45) is 0 Å². The standard InChI is InChI=1S/C11H11FO5/c1-11(2,16)10(15)17-7-5-3-4-6(12)8(7)9(13)14/h3-5,16H,1-2H3,(H,13,14). The number of aliphatic hydroxyl groups is 1. The van der Waals surface area contributed by atoms with Crippen LogP contribution in [0.1, 0.15) is 24.2 Å². The normalized spacial score (nSPS) is 11.1. The maximum Gasteiger partial charge on any atom is 0.342 e. The van der Waals surface area contributed by atoms with Crippen molar-refractivity contribution < 1.29 is 28.9 Å². The van der Waals surface area contributed by atoms with Crippen LogP contribution in [0.25, 0.3) is 0 Å². The average Bonchev–Trinajstić information content (AvgIpc) is 2.15. The molecule has 0 bridgehead atoms. The summed E-state index contributed by atoms with van der Waals surface area (Å²) in [4.78, 5) is 22.1. The number of ether oxygens (including phenoxy) is 1. The number of carbonyl (C=O) groups excluding carboxylic acids is 1. The molecule has 17 heavy (non-hydrogen) atoms. The molecule has 2 N–H and O–H groups in total. The molecule has 0 saturated carbocycles. The van der Waals surface area contributed by atoms with Crippen molar-refractivity contribution in [2.45, 2.75) is 19.4 Å². The zero-order valence-electron chi connectivity index (χ0n) is 9.23. The predicted molar refractivity (Wildman–Crippen MR) is 55.3 cm³/mol. The molecule has 92 valence electrons. The van der Waals surface area contributed by atoms with Crippen molar-refractivity contribution >= 4 is 11.9 Å². The molecule has 0 spiro atoms. The van der Waals surface area contributed by atoms with Gasteiger partial charge in [-0.3, -0.25) is 0 Å². The van der Waals surface area contributed by atoms with E-state index in [0.29, 0.717) is 0 Å². The zero-order chi connectivity index (χ0) is 13.2. The van der Waals surface area contributed by atoms with Crippen LogP contribution in [0.4, 0.5) is 4.39 Å². The first kappa shape index (κ1) is 13.1. The Morgan fingerprint density at radius 3 is 2.41 bits per heavy atom. The second-order valence-corrected chi connectivity index (χ2v) is 3.87. The summed E-state index contributed by atoms with van der Waals surface area (Å²) in [6, 6.07) is 3.27. The minimum Gasteiger partial charge on any atom is -0.477 e. The lowest BCUT2D eigenvalue weighted by molar-refractivity contribution is -0.151. The van der Waals surface area contributed by atoms with E-state index in [2.05, 4.69) is 4.74 Å². The molecule has 1 aromatic carbocycles. The fraction of sp³-hybridized carbons (Fsp3) is 0.273. The number of halogens is 1. The monoisotopic (exact) mass is 242 g/mol. The van der Waals surface area contributed by atoms with Crippen molar-refractivity contribution in [1.29, 1.82) is 0 Å². The van der Waals surface area contributed by atoms with Gasteiger partial charge in [0, 0.05) is 0 Å². The third-order valence-corrected chi connectivity index (χ3v) is 1.89. The highest BCUT2D eigenvalue weighted by atomic mass is 19.1. The Morgan fingerprint density at radius 2 is 1.94 bits per heavy atom. The Bertz CT molecular complexity index is 461. The summed E-state index contributed by atoms with van der Waals surface area (Å²) >= 11 is 0. The lowest BCUT2D eigenvalue weighted by Crippen LogP contribution is -2.35. The smallest absolute Gasteiger partial charge is 0.342 e. The Hall–Kier alpha value is -1.95. The van der Waals surface area contributed by atoms with Gasteiger partial charge in [-0.2, -0.15) is 0 Å². The lowest BCUT2D eigenvalue weighted by Gasteiger charge is -2.16. The van der Waals surface area contributed by atoms with Gasteiger partial charge in [-0.15, -0.1) is 0 Å². The summed E-state index contributed by atoms with van der Waals surface area (Å²) in [5.41, 5.74) is -2.53. The number of esters is 1. The lowest BCUT2D eigenvalue weighted by atomic mass is 10.1. The molecule has 5 nitrogen and oxygen atoms in total. The number of aromatic carboxylic acids is 1. The zero-order valence-corrected chi connectivity index (χ0v) is 9.23. The Morgan fingerprint density at radius 1 is 1.35 bits per heavy atom. The molecular weight excluding hydrogens is 231 g/mol. The van der Waals surface area contributed by atoms with Gasteiger partial charge in [-0.25, -0.2) is 14.0 Å². The van der Waals surface area contributed by atoms with E-state index in [1.807, 2.05) is 0 Å². The molecule has 0 saturated heterocycles. The first-order chi connectivity index (χ1) is 7.73. The molecule has 0 amide bonds. The van der Waals surface area contributed by atoms with Gasteiger partial charge in [0.05, 0.1) is 0 Å². The molecule has 0 aromatic heterocycles. The minimum atomic E-state index is -1.79. The van der Waals surface area contributed by atoms with Crippen LogP contribution in [0.3, 0.4) is 0 Å². The Kier molecular flexibility index (Phi) is 3.47. The van der Waals surface area contributed by atoms with Gasteiger partial charge in [0.15, 0.2) is 5.60 Å². The minimum absolute atomic E-state index is 0.440. The fourth-order valence-electron chi connectivity index (χ4n) is 1.02. The first-order valence-electron chi connectivity index (χ1n) is 4.70. The highest BCUT2D eigenvalue weighted by molar-refractivity contribution is 5.92. The molecular formula is C11H11FO5. The highest BCUT2D eigenvalue weighted by Gasteiger charge is 2.28. The maximum atomic E-state index is 13.2. The summed E-state index contributed by atoms with van der Waals surface area (Å²) in [6.45, 7) is 2.35. The third kappa shape index (κ3) is 3.01. The van der Waals surface area contributed by atoms with Gasteiger partial charge in [-0.05, 0) is 26.0 Å². The van der Waals surface area contributed by atoms with Crippen LogP contribution >= 0.6 is 0 Å². The summed E-state index contributed by atoms with van der Waals surface area (Å²) in [5, 5.41) is 18.1. The molecule has 1 aromatic rings. The quantitative estimate of drug-likeness (QED) is 0.614. The second kappa shape index (κ2) is 4.50. The molecule has 0 atom stereocenters. The number of carbonyl (C=O) groups is 2. The van der Waals surface area contributed by atoms with Crippen LogP contribution < -0.4 is 4.74 Å². The molecule has 6 heteroatoms. The summed E-state index contributed by atoms with van der Waals surface area (Å²) in [5.74, 6) is -4.07. The molecule has 0 heterocycles. The molecule has 1 rings (SSSR count). The van der Waals surface area contributed by atoms with Crippen LogP contribution in [0.5, 0.6) is 5.75 Å². The molecule has 0 fully saturated rings. The van der Waals surface area contributed by atoms with E-state index in [9.17, 15) is 19.1 Å². The van der Waals surface area contributed by atoms with Gasteiger partial charge in [0.2, 0.25) is 0 Å². The Balaban J connectivity index is 3.12. The molecule has 0 radical (unpaired) electrons. The van der Waals surface area contributed by atoms with E-state index in [4.69, 9.17) is 5.11 Å². The average molecular weight is 242 g/mol. The van der Waals surface area contributed by atoms with Crippen LogP contribution in [-0.2, 0) is 4.79 Å². The van der Waals surface area contributed by atoms with Gasteiger partial charge in [0.25, 0.3) is 0 Å². The largest absolute Gasteiger partial charge is 0.477 e. The molecule has 0 aliphatic rings.